The van der Waals surface area contributed by atoms with E-state index in [1.54, 1.807) is 0 Å². The van der Waals surface area contributed by atoms with Gasteiger partial charge in [0.05, 0.1) is 7.11 Å². The molecule has 0 radical (unpaired) electrons. The van der Waals surface area contributed by atoms with Gasteiger partial charge in [0.25, 0.3) is 0 Å². The van der Waals surface area contributed by atoms with Crippen molar-refractivity contribution in [2.24, 2.45) is 0 Å². The van der Waals surface area contributed by atoms with Crippen LogP contribution < -0.4 is 0 Å². The molecule has 0 spiro atoms. The van der Waals surface area contributed by atoms with Crippen LogP contribution >= 0.6 is 0 Å². The monoisotopic (exact) mass is 314 g/mol. The lowest BCUT2D eigenvalue weighted by molar-refractivity contribution is -0.255. The predicted octanol–water partition coefficient (Wildman–Crippen LogP) is 6.35. The standard InChI is InChI=1S/C19H38O3/c1-3-4-5-6-7-8-9-10-11-12-13-14-15-16-17-18-19(20)22-21-2/h3-18H2,1-2H3. The molecule has 0 aliphatic rings. The summed E-state index contributed by atoms with van der Waals surface area (Å²) >= 11 is 0. The smallest absolute Gasteiger partial charge is 0.299 e. The summed E-state index contributed by atoms with van der Waals surface area (Å²) in [7, 11) is 1.37. The molecule has 3 nitrogen and oxygen atoms in total. The van der Waals surface area contributed by atoms with Gasteiger partial charge >= 0.3 is 5.97 Å². The molecule has 0 unspecified atom stereocenters. The van der Waals surface area contributed by atoms with Gasteiger partial charge in [-0.3, -0.25) is 4.89 Å². The lowest BCUT2D eigenvalue weighted by Gasteiger charge is -2.03. The third kappa shape index (κ3) is 17.5. The average Bonchev–Trinajstić information content (AvgIpc) is 2.51. The minimum absolute atomic E-state index is 0.253. The van der Waals surface area contributed by atoms with Gasteiger partial charge in [0.1, 0.15) is 0 Å². The fourth-order valence-electron chi connectivity index (χ4n) is 2.78. The van der Waals surface area contributed by atoms with E-state index in [0.29, 0.717) is 6.42 Å². The van der Waals surface area contributed by atoms with Crippen LogP contribution in [-0.2, 0) is 14.6 Å². The van der Waals surface area contributed by atoms with E-state index in [9.17, 15) is 4.79 Å². The first-order chi connectivity index (χ1) is 10.8. The second-order valence-electron chi connectivity index (χ2n) is 6.32. The largest absolute Gasteiger partial charge is 0.342 e. The molecule has 0 aromatic heterocycles. The van der Waals surface area contributed by atoms with Gasteiger partial charge in [0.15, 0.2) is 0 Å². The minimum Gasteiger partial charge on any atom is -0.299 e. The first-order valence-corrected chi connectivity index (χ1v) is 9.54. The summed E-state index contributed by atoms with van der Waals surface area (Å²) in [4.78, 5) is 19.8. The van der Waals surface area contributed by atoms with Gasteiger partial charge in [0, 0.05) is 6.42 Å². The Kier molecular flexibility index (Phi) is 18.0. The van der Waals surface area contributed by atoms with Crippen LogP contribution in [0.4, 0.5) is 0 Å². The maximum atomic E-state index is 11.0. The molecule has 0 heterocycles. The Bertz CT molecular complexity index is 229. The Morgan fingerprint density at radius 1 is 0.636 bits per heavy atom. The van der Waals surface area contributed by atoms with Crippen molar-refractivity contribution in [3.05, 3.63) is 0 Å². The van der Waals surface area contributed by atoms with Crippen LogP contribution in [0, 0.1) is 0 Å². The number of hydrogen-bond donors (Lipinski definition) is 0. The topological polar surface area (TPSA) is 35.5 Å². The molecule has 0 amide bonds. The summed E-state index contributed by atoms with van der Waals surface area (Å²) in [6.07, 6.45) is 20.5. The number of carbonyl (C=O) groups is 1. The summed E-state index contributed by atoms with van der Waals surface area (Å²) in [5.74, 6) is -0.253. The molecule has 0 saturated heterocycles. The van der Waals surface area contributed by atoms with Gasteiger partial charge in [0.2, 0.25) is 0 Å². The molecule has 22 heavy (non-hydrogen) atoms. The summed E-state index contributed by atoms with van der Waals surface area (Å²) in [5.41, 5.74) is 0. The van der Waals surface area contributed by atoms with E-state index in [-0.39, 0.29) is 5.97 Å². The summed E-state index contributed by atoms with van der Waals surface area (Å²) in [6, 6.07) is 0. The summed E-state index contributed by atoms with van der Waals surface area (Å²) < 4.78 is 0. The van der Waals surface area contributed by atoms with Gasteiger partial charge in [-0.15, -0.1) is 0 Å². The minimum atomic E-state index is -0.253. The number of carbonyl (C=O) groups excluding carboxylic acids is 1. The average molecular weight is 315 g/mol. The van der Waals surface area contributed by atoms with Crippen molar-refractivity contribution in [2.45, 2.75) is 110 Å². The Labute approximate surface area is 138 Å². The third-order valence-corrected chi connectivity index (χ3v) is 4.16. The van der Waals surface area contributed by atoms with Gasteiger partial charge < -0.3 is 0 Å². The SMILES string of the molecule is CCCCCCCCCCCCCCCCCC(=O)OOC. The fourth-order valence-corrected chi connectivity index (χ4v) is 2.78. The number of unbranched alkanes of at least 4 members (excludes halogenated alkanes) is 14. The Morgan fingerprint density at radius 2 is 1.00 bits per heavy atom. The van der Waals surface area contributed by atoms with Gasteiger partial charge in [-0.1, -0.05) is 96.8 Å². The Morgan fingerprint density at radius 3 is 1.36 bits per heavy atom. The molecule has 0 fully saturated rings. The zero-order chi connectivity index (χ0) is 16.3. The molecule has 0 saturated carbocycles. The van der Waals surface area contributed by atoms with Crippen LogP contribution in [0.3, 0.4) is 0 Å². The summed E-state index contributed by atoms with van der Waals surface area (Å²) in [5, 5.41) is 0. The number of rotatable bonds is 17. The zero-order valence-corrected chi connectivity index (χ0v) is 15.0. The molecule has 0 aliphatic heterocycles. The molecule has 3 heteroatoms. The van der Waals surface area contributed by atoms with Crippen LogP contribution in [-0.4, -0.2) is 13.1 Å². The van der Waals surface area contributed by atoms with E-state index in [1.165, 1.54) is 90.6 Å². The Balaban J connectivity index is 3.01. The first kappa shape index (κ1) is 21.4. The van der Waals surface area contributed by atoms with Crippen molar-refractivity contribution >= 4 is 5.97 Å². The maximum Gasteiger partial charge on any atom is 0.342 e. The highest BCUT2D eigenvalue weighted by Crippen LogP contribution is 2.13. The predicted molar refractivity (Wildman–Crippen MR) is 92.6 cm³/mol. The highest BCUT2D eigenvalue weighted by Gasteiger charge is 2.02. The molecule has 132 valence electrons. The lowest BCUT2D eigenvalue weighted by Crippen LogP contribution is -2.02. The van der Waals surface area contributed by atoms with Gasteiger partial charge in [-0.2, -0.15) is 4.89 Å². The second-order valence-corrected chi connectivity index (χ2v) is 6.32. The van der Waals surface area contributed by atoms with E-state index < -0.39 is 0 Å². The van der Waals surface area contributed by atoms with Gasteiger partial charge in [-0.25, -0.2) is 4.79 Å². The van der Waals surface area contributed by atoms with Crippen LogP contribution in [0.2, 0.25) is 0 Å². The molecule has 0 aliphatic carbocycles. The highest BCUT2D eigenvalue weighted by molar-refractivity contribution is 5.68. The molecule has 0 bridgehead atoms. The third-order valence-electron chi connectivity index (χ3n) is 4.16. The summed E-state index contributed by atoms with van der Waals surface area (Å²) in [6.45, 7) is 2.27. The molecule has 0 aromatic rings. The van der Waals surface area contributed by atoms with Crippen LogP contribution in [0.1, 0.15) is 110 Å². The highest BCUT2D eigenvalue weighted by atomic mass is 17.2. The van der Waals surface area contributed by atoms with Crippen molar-refractivity contribution in [1.29, 1.82) is 0 Å². The van der Waals surface area contributed by atoms with Crippen LogP contribution in [0.15, 0.2) is 0 Å². The molecular weight excluding hydrogens is 276 g/mol. The molecule has 0 atom stereocenters. The molecule has 0 rings (SSSR count). The van der Waals surface area contributed by atoms with E-state index in [2.05, 4.69) is 16.7 Å². The van der Waals surface area contributed by atoms with Crippen molar-refractivity contribution in [3.63, 3.8) is 0 Å². The normalized spacial score (nSPS) is 10.8. The fraction of sp³-hybridized carbons (Fsp3) is 0.947. The van der Waals surface area contributed by atoms with E-state index in [0.717, 1.165) is 12.8 Å². The molecule has 0 N–H and O–H groups in total. The van der Waals surface area contributed by atoms with Crippen molar-refractivity contribution in [1.82, 2.24) is 0 Å². The van der Waals surface area contributed by atoms with E-state index >= 15 is 0 Å². The van der Waals surface area contributed by atoms with Crippen molar-refractivity contribution < 1.29 is 14.6 Å². The van der Waals surface area contributed by atoms with Crippen LogP contribution in [0.25, 0.3) is 0 Å². The Hall–Kier alpha value is -0.570. The maximum absolute atomic E-state index is 11.0. The first-order valence-electron chi connectivity index (χ1n) is 9.54. The molecule has 0 aromatic carbocycles. The lowest BCUT2D eigenvalue weighted by atomic mass is 10.0. The zero-order valence-electron chi connectivity index (χ0n) is 15.0. The molecular formula is C19H38O3. The van der Waals surface area contributed by atoms with Crippen LogP contribution in [0.5, 0.6) is 0 Å². The second kappa shape index (κ2) is 18.5. The van der Waals surface area contributed by atoms with Crippen molar-refractivity contribution in [2.75, 3.05) is 7.11 Å². The number of hydrogen-bond acceptors (Lipinski definition) is 3. The quantitative estimate of drug-likeness (QED) is 0.178. The van der Waals surface area contributed by atoms with Crippen molar-refractivity contribution in [3.8, 4) is 0 Å². The van der Waals surface area contributed by atoms with Gasteiger partial charge in [-0.05, 0) is 6.42 Å². The van der Waals surface area contributed by atoms with E-state index in [4.69, 9.17) is 0 Å². The van der Waals surface area contributed by atoms with E-state index in [1.807, 2.05) is 0 Å².